The molecule has 140 valence electrons. The first-order valence-corrected chi connectivity index (χ1v) is 11.6. The smallest absolute Gasteiger partial charge is 0.234 e. The SMILES string of the molecule is Nn1c(SCC(=O)Nc2c(Br)cc(Br)cc2Br)nnc1C1CCCCC1. The summed E-state index contributed by atoms with van der Waals surface area (Å²) in [6, 6.07) is 3.75. The maximum atomic E-state index is 12.3. The third-order valence-electron chi connectivity index (χ3n) is 4.26. The summed E-state index contributed by atoms with van der Waals surface area (Å²) in [6.45, 7) is 0. The average Bonchev–Trinajstić information content (AvgIpc) is 2.98. The molecule has 0 unspecified atom stereocenters. The first kappa shape index (κ1) is 20.2. The molecule has 1 aliphatic rings. The van der Waals surface area contributed by atoms with Gasteiger partial charge in [0.2, 0.25) is 11.1 Å². The van der Waals surface area contributed by atoms with E-state index in [1.165, 1.54) is 31.0 Å². The van der Waals surface area contributed by atoms with Crippen molar-refractivity contribution in [3.63, 3.8) is 0 Å². The Labute approximate surface area is 181 Å². The molecule has 1 fully saturated rings. The Morgan fingerprint density at radius 2 is 1.85 bits per heavy atom. The lowest BCUT2D eigenvalue weighted by Crippen LogP contribution is -2.20. The standard InChI is InChI=1S/C16H18Br3N5OS/c17-10-6-11(18)14(12(19)7-10)21-13(25)8-26-16-23-22-15(24(16)20)9-4-2-1-3-5-9/h6-7,9H,1-5,8,20H2,(H,21,25). The molecule has 0 spiro atoms. The molecule has 26 heavy (non-hydrogen) atoms. The predicted octanol–water partition coefficient (Wildman–Crippen LogP) is 5.06. The summed E-state index contributed by atoms with van der Waals surface area (Å²) in [5.74, 6) is 7.42. The zero-order chi connectivity index (χ0) is 18.7. The van der Waals surface area contributed by atoms with Crippen molar-refractivity contribution in [3.8, 4) is 0 Å². The highest BCUT2D eigenvalue weighted by molar-refractivity contribution is 9.11. The number of aromatic nitrogens is 3. The van der Waals surface area contributed by atoms with Gasteiger partial charge in [-0.05, 0) is 56.8 Å². The van der Waals surface area contributed by atoms with E-state index in [2.05, 4.69) is 63.3 Å². The van der Waals surface area contributed by atoms with Crippen LogP contribution >= 0.6 is 59.6 Å². The van der Waals surface area contributed by atoms with Gasteiger partial charge in [0.1, 0.15) is 0 Å². The Morgan fingerprint density at radius 1 is 1.19 bits per heavy atom. The number of amides is 1. The average molecular weight is 568 g/mol. The lowest BCUT2D eigenvalue weighted by Gasteiger charge is -2.20. The Kier molecular flexibility index (Phi) is 7.04. The van der Waals surface area contributed by atoms with Gasteiger partial charge in [-0.1, -0.05) is 47.0 Å². The van der Waals surface area contributed by atoms with Gasteiger partial charge < -0.3 is 11.2 Å². The van der Waals surface area contributed by atoms with Crippen molar-refractivity contribution in [1.29, 1.82) is 0 Å². The molecule has 3 rings (SSSR count). The van der Waals surface area contributed by atoms with Crippen LogP contribution in [-0.2, 0) is 4.79 Å². The van der Waals surface area contributed by atoms with Crippen molar-refractivity contribution in [3.05, 3.63) is 31.4 Å². The largest absolute Gasteiger partial charge is 0.336 e. The van der Waals surface area contributed by atoms with Crippen LogP contribution in [-0.4, -0.2) is 26.5 Å². The topological polar surface area (TPSA) is 85.8 Å². The van der Waals surface area contributed by atoms with Gasteiger partial charge in [-0.15, -0.1) is 10.2 Å². The predicted molar refractivity (Wildman–Crippen MR) is 115 cm³/mol. The summed E-state index contributed by atoms with van der Waals surface area (Å²) in [5.41, 5.74) is 0.691. The van der Waals surface area contributed by atoms with E-state index < -0.39 is 0 Å². The summed E-state index contributed by atoms with van der Waals surface area (Å²) in [6.07, 6.45) is 5.90. The van der Waals surface area contributed by atoms with Crippen LogP contribution < -0.4 is 11.2 Å². The quantitative estimate of drug-likeness (QED) is 0.390. The number of benzene rings is 1. The summed E-state index contributed by atoms with van der Waals surface area (Å²) in [5, 5.41) is 11.9. The van der Waals surface area contributed by atoms with Crippen molar-refractivity contribution in [2.24, 2.45) is 0 Å². The minimum absolute atomic E-state index is 0.138. The minimum atomic E-state index is -0.138. The second-order valence-electron chi connectivity index (χ2n) is 6.13. The van der Waals surface area contributed by atoms with Gasteiger partial charge in [0.25, 0.3) is 0 Å². The number of halogens is 3. The molecule has 3 N–H and O–H groups in total. The van der Waals surface area contributed by atoms with Crippen LogP contribution in [0.4, 0.5) is 5.69 Å². The molecule has 6 nitrogen and oxygen atoms in total. The molecular formula is C16H18Br3N5OS. The molecule has 2 aromatic rings. The van der Waals surface area contributed by atoms with Crippen molar-refractivity contribution < 1.29 is 4.79 Å². The van der Waals surface area contributed by atoms with Crippen molar-refractivity contribution >= 4 is 71.1 Å². The van der Waals surface area contributed by atoms with Gasteiger partial charge >= 0.3 is 0 Å². The molecule has 1 aliphatic carbocycles. The zero-order valence-electron chi connectivity index (χ0n) is 13.8. The van der Waals surface area contributed by atoms with E-state index in [4.69, 9.17) is 5.84 Å². The highest BCUT2D eigenvalue weighted by atomic mass is 79.9. The second kappa shape index (κ2) is 9.07. The molecule has 0 saturated heterocycles. The van der Waals surface area contributed by atoms with E-state index in [0.29, 0.717) is 16.8 Å². The third-order valence-corrected chi connectivity index (χ3v) is 6.92. The van der Waals surface area contributed by atoms with Crippen molar-refractivity contribution in [2.45, 2.75) is 43.2 Å². The van der Waals surface area contributed by atoms with E-state index in [1.54, 1.807) is 4.68 Å². The third kappa shape index (κ3) is 4.82. The monoisotopic (exact) mass is 565 g/mol. The highest BCUT2D eigenvalue weighted by Gasteiger charge is 2.23. The second-order valence-corrected chi connectivity index (χ2v) is 9.69. The number of nitrogens with one attached hydrogen (secondary N) is 1. The molecular weight excluding hydrogens is 550 g/mol. The van der Waals surface area contributed by atoms with Crippen LogP contribution in [0.3, 0.4) is 0 Å². The van der Waals surface area contributed by atoms with Gasteiger partial charge in [0.05, 0.1) is 11.4 Å². The fourth-order valence-corrected chi connectivity index (χ4v) is 6.11. The first-order chi connectivity index (χ1) is 12.5. The number of anilines is 1. The fraction of sp³-hybridized carbons (Fsp3) is 0.438. The van der Waals surface area contributed by atoms with E-state index in [-0.39, 0.29) is 11.7 Å². The number of thioether (sulfide) groups is 1. The van der Waals surface area contributed by atoms with Gasteiger partial charge in [0, 0.05) is 19.3 Å². The van der Waals surface area contributed by atoms with E-state index in [9.17, 15) is 4.79 Å². The zero-order valence-corrected chi connectivity index (χ0v) is 19.4. The fourth-order valence-electron chi connectivity index (χ4n) is 2.99. The normalized spacial score (nSPS) is 15.2. The first-order valence-electron chi connectivity index (χ1n) is 8.23. The minimum Gasteiger partial charge on any atom is -0.336 e. The number of carbonyl (C=O) groups is 1. The molecule has 1 aromatic carbocycles. The van der Waals surface area contributed by atoms with E-state index in [0.717, 1.165) is 32.1 Å². The lowest BCUT2D eigenvalue weighted by atomic mass is 9.89. The number of nitrogens with zero attached hydrogens (tertiary/aromatic N) is 3. The Hall–Kier alpha value is -0.580. The maximum Gasteiger partial charge on any atom is 0.234 e. The van der Waals surface area contributed by atoms with Crippen molar-refractivity contribution in [2.75, 3.05) is 16.9 Å². The lowest BCUT2D eigenvalue weighted by molar-refractivity contribution is -0.113. The van der Waals surface area contributed by atoms with Crippen LogP contribution in [0.1, 0.15) is 43.8 Å². The summed E-state index contributed by atoms with van der Waals surface area (Å²) in [7, 11) is 0. The van der Waals surface area contributed by atoms with Gasteiger partial charge in [-0.3, -0.25) is 4.79 Å². The summed E-state index contributed by atoms with van der Waals surface area (Å²) < 4.78 is 4.03. The van der Waals surface area contributed by atoms with Crippen molar-refractivity contribution in [1.82, 2.24) is 14.9 Å². The molecule has 0 radical (unpaired) electrons. The van der Waals surface area contributed by atoms with Gasteiger partial charge in [-0.2, -0.15) is 0 Å². The van der Waals surface area contributed by atoms with Crippen LogP contribution in [0.25, 0.3) is 0 Å². The Bertz CT molecular complexity index is 784. The molecule has 1 saturated carbocycles. The molecule has 1 amide bonds. The molecule has 1 aromatic heterocycles. The van der Waals surface area contributed by atoms with Gasteiger partial charge in [0.15, 0.2) is 5.82 Å². The number of carbonyl (C=O) groups excluding carboxylic acids is 1. The maximum absolute atomic E-state index is 12.3. The number of hydrogen-bond acceptors (Lipinski definition) is 5. The van der Waals surface area contributed by atoms with Crippen LogP contribution in [0, 0.1) is 0 Å². The highest BCUT2D eigenvalue weighted by Crippen LogP contribution is 2.35. The number of nitrogens with two attached hydrogens (primary N) is 1. The number of hydrogen-bond donors (Lipinski definition) is 2. The molecule has 1 heterocycles. The van der Waals surface area contributed by atoms with E-state index in [1.807, 2.05) is 12.1 Å². The molecule has 0 atom stereocenters. The summed E-state index contributed by atoms with van der Waals surface area (Å²) in [4.78, 5) is 12.3. The molecule has 0 aliphatic heterocycles. The van der Waals surface area contributed by atoms with E-state index >= 15 is 0 Å². The number of nitrogen functional groups attached to an aromatic ring is 1. The van der Waals surface area contributed by atoms with Gasteiger partial charge in [-0.25, -0.2) is 4.68 Å². The molecule has 10 heteroatoms. The van der Waals surface area contributed by atoms with Crippen LogP contribution in [0.15, 0.2) is 30.7 Å². The Balaban J connectivity index is 1.61. The Morgan fingerprint density at radius 3 is 2.50 bits per heavy atom. The summed E-state index contributed by atoms with van der Waals surface area (Å²) >= 11 is 11.6. The van der Waals surface area contributed by atoms with Crippen LogP contribution in [0.5, 0.6) is 0 Å². The van der Waals surface area contributed by atoms with Crippen LogP contribution in [0.2, 0.25) is 0 Å². The number of rotatable bonds is 5. The molecule has 0 bridgehead atoms.